The number of nitrogens with one attached hydrogen (secondary N) is 1. The molecule has 2 bridgehead atoms. The first-order chi connectivity index (χ1) is 21.8. The van der Waals surface area contributed by atoms with Crippen molar-refractivity contribution in [3.8, 4) is 22.9 Å². The van der Waals surface area contributed by atoms with E-state index in [2.05, 4.69) is 16.5 Å². The topological polar surface area (TPSA) is 123 Å². The van der Waals surface area contributed by atoms with Gasteiger partial charge in [-0.1, -0.05) is 0 Å². The fourth-order valence-electron chi connectivity index (χ4n) is 6.24. The van der Waals surface area contributed by atoms with Gasteiger partial charge in [0.15, 0.2) is 0 Å². The van der Waals surface area contributed by atoms with Gasteiger partial charge in [0, 0.05) is 0 Å². The summed E-state index contributed by atoms with van der Waals surface area (Å²) in [5.74, 6) is -0.0881. The van der Waals surface area contributed by atoms with Crippen molar-refractivity contribution in [3.05, 3.63) is 53.3 Å². The predicted octanol–water partition coefficient (Wildman–Crippen LogP) is -2.76. The van der Waals surface area contributed by atoms with E-state index < -0.39 is 61.0 Å². The molecule has 4 aromatic rings. The van der Waals surface area contributed by atoms with Crippen LogP contribution in [0.2, 0.25) is 5.02 Å². The number of halogens is 4. The van der Waals surface area contributed by atoms with Crippen molar-refractivity contribution in [1.29, 1.82) is 0 Å². The Hall–Kier alpha value is -1.86. The number of morpholine rings is 1. The third kappa shape index (κ3) is 5.70. The van der Waals surface area contributed by atoms with Crippen molar-refractivity contribution in [2.75, 3.05) is 40.8 Å². The monoisotopic (exact) mass is 861 g/mol. The number of hydrogen-bond acceptors (Lipinski definition) is 10. The Morgan fingerprint density at radius 2 is 1.78 bits per heavy atom. The predicted molar refractivity (Wildman–Crippen MR) is 159 cm³/mol. The van der Waals surface area contributed by atoms with Crippen molar-refractivity contribution in [1.82, 2.24) is 20.2 Å². The van der Waals surface area contributed by atoms with Crippen LogP contribution in [0, 0.1) is 11.2 Å². The molecule has 1 aliphatic carbocycles. The van der Waals surface area contributed by atoms with E-state index in [1.165, 1.54) is 6.07 Å². The fourth-order valence-corrected chi connectivity index (χ4v) is 16.1. The van der Waals surface area contributed by atoms with Gasteiger partial charge in [-0.05, 0) is 0 Å². The normalized spacial score (nSPS) is 26.4. The molecular formula is C31H31ClFI2N5O5-2. The molecule has 3 aliphatic heterocycles. The zero-order valence-corrected chi connectivity index (χ0v) is 29.0. The summed E-state index contributed by atoms with van der Waals surface area (Å²) in [7, 11) is 0. The second kappa shape index (κ2) is 12.0. The SMILES string of the molecule is Oc1cc(-c2c(Cl)cc3c(N4[I-]C5NC([I-]4)C(O)C5O)nc(OCC4(CN5CCOCC5)CC4)nc3c2F)c2ccccc2c1. The van der Waals surface area contributed by atoms with E-state index in [0.717, 1.165) is 56.5 Å². The number of aliphatic hydroxyl groups is 2. The van der Waals surface area contributed by atoms with E-state index in [0.29, 0.717) is 23.4 Å². The summed E-state index contributed by atoms with van der Waals surface area (Å²) in [6.07, 6.45) is 0.378. The molecule has 240 valence electrons. The molecule has 3 saturated heterocycles. The zero-order chi connectivity index (χ0) is 30.9. The molecule has 4 fully saturated rings. The summed E-state index contributed by atoms with van der Waals surface area (Å²) in [6, 6.07) is 12.4. The summed E-state index contributed by atoms with van der Waals surface area (Å²) >= 11 is 5.18. The molecule has 4 atom stereocenters. The molecule has 0 radical (unpaired) electrons. The molecule has 1 saturated carbocycles. The quantitative estimate of drug-likeness (QED) is 0.0674. The molecule has 8 rings (SSSR count). The number of hydrogen-bond donors (Lipinski definition) is 4. The number of aliphatic hydroxyl groups excluding tert-OH is 2. The van der Waals surface area contributed by atoms with Gasteiger partial charge in [-0.3, -0.25) is 0 Å². The van der Waals surface area contributed by atoms with Crippen LogP contribution in [-0.4, -0.2) is 89.9 Å². The fraction of sp³-hybridized carbons (Fsp3) is 0.419. The van der Waals surface area contributed by atoms with Crippen LogP contribution in [0.25, 0.3) is 32.8 Å². The van der Waals surface area contributed by atoms with Crippen LogP contribution in [0.3, 0.4) is 0 Å². The van der Waals surface area contributed by atoms with E-state index in [4.69, 9.17) is 26.1 Å². The van der Waals surface area contributed by atoms with Crippen LogP contribution in [-0.2, 0) is 4.74 Å². The minimum absolute atomic E-state index is 0.00222. The molecule has 4 heterocycles. The van der Waals surface area contributed by atoms with Crippen molar-refractivity contribution in [2.24, 2.45) is 5.41 Å². The number of ether oxygens (including phenoxy) is 2. The number of fused-ring (bicyclic) bond motifs is 4. The van der Waals surface area contributed by atoms with Crippen LogP contribution >= 0.6 is 11.6 Å². The third-order valence-corrected chi connectivity index (χ3v) is 17.3. The summed E-state index contributed by atoms with van der Waals surface area (Å²) in [5.41, 5.74) is 0.696. The summed E-state index contributed by atoms with van der Waals surface area (Å²) in [5, 5.41) is 37.2. The van der Waals surface area contributed by atoms with E-state index in [-0.39, 0.29) is 41.4 Å². The molecule has 4 unspecified atom stereocenters. The Morgan fingerprint density at radius 1 is 1.04 bits per heavy atom. The van der Waals surface area contributed by atoms with Gasteiger partial charge in [0.25, 0.3) is 0 Å². The summed E-state index contributed by atoms with van der Waals surface area (Å²) in [4.78, 5) is 11.9. The Labute approximate surface area is 285 Å². The zero-order valence-electron chi connectivity index (χ0n) is 24.0. The molecule has 4 N–H and O–H groups in total. The van der Waals surface area contributed by atoms with E-state index in [9.17, 15) is 15.3 Å². The Bertz CT molecular complexity index is 1780. The van der Waals surface area contributed by atoms with E-state index in [1.54, 1.807) is 12.1 Å². The van der Waals surface area contributed by atoms with Gasteiger partial charge in [-0.2, -0.15) is 0 Å². The number of anilines is 1. The number of phenolic OH excluding ortho intramolecular Hbond substituents is 1. The number of alkyl halides is 2. The first kappa shape index (κ1) is 30.5. The average Bonchev–Trinajstić information content (AvgIpc) is 3.78. The molecule has 10 nitrogen and oxygen atoms in total. The second-order valence-electron chi connectivity index (χ2n) is 12.0. The first-order valence-electron chi connectivity index (χ1n) is 14.8. The van der Waals surface area contributed by atoms with E-state index in [1.807, 2.05) is 24.3 Å². The second-order valence-corrected chi connectivity index (χ2v) is 20.0. The molecule has 0 amide bonds. The Balaban J connectivity index is 1.22. The molecule has 45 heavy (non-hydrogen) atoms. The number of phenols is 1. The third-order valence-electron chi connectivity index (χ3n) is 8.90. The summed E-state index contributed by atoms with van der Waals surface area (Å²) in [6.45, 7) is 4.58. The van der Waals surface area contributed by atoms with Crippen LogP contribution in [0.4, 0.5) is 10.2 Å². The van der Waals surface area contributed by atoms with Gasteiger partial charge in [0.1, 0.15) is 0 Å². The summed E-state index contributed by atoms with van der Waals surface area (Å²) < 4.78 is 30.4. The van der Waals surface area contributed by atoms with Crippen LogP contribution in [0.15, 0.2) is 42.5 Å². The minimum atomic E-state index is -0.850. The molecule has 3 aromatic carbocycles. The van der Waals surface area contributed by atoms with Gasteiger partial charge in [-0.15, -0.1) is 0 Å². The van der Waals surface area contributed by atoms with Gasteiger partial charge in [0.05, 0.1) is 0 Å². The van der Waals surface area contributed by atoms with Gasteiger partial charge >= 0.3 is 287 Å². The molecule has 4 aliphatic rings. The number of aromatic nitrogens is 2. The first-order valence-corrected chi connectivity index (χ1v) is 19.6. The average molecular weight is 862 g/mol. The Kier molecular flexibility index (Phi) is 8.12. The maximum atomic E-state index is 16.9. The van der Waals surface area contributed by atoms with Gasteiger partial charge in [0.2, 0.25) is 0 Å². The molecule has 0 spiro atoms. The maximum absolute atomic E-state index is 16.9. The van der Waals surface area contributed by atoms with Crippen molar-refractivity contribution < 1.29 is 72.1 Å². The van der Waals surface area contributed by atoms with Crippen LogP contribution in [0.1, 0.15) is 12.8 Å². The Morgan fingerprint density at radius 3 is 2.51 bits per heavy atom. The van der Waals surface area contributed by atoms with Crippen LogP contribution < -0.4 is 54.3 Å². The van der Waals surface area contributed by atoms with Gasteiger partial charge in [-0.25, -0.2) is 0 Å². The molecular weight excluding hydrogens is 831 g/mol. The van der Waals surface area contributed by atoms with E-state index >= 15 is 4.39 Å². The number of aromatic hydroxyl groups is 1. The van der Waals surface area contributed by atoms with Crippen molar-refractivity contribution in [3.63, 3.8) is 0 Å². The van der Waals surface area contributed by atoms with Crippen LogP contribution in [0.5, 0.6) is 11.8 Å². The van der Waals surface area contributed by atoms with Gasteiger partial charge < -0.3 is 0 Å². The standard InChI is InChI=1S/C31H31ClFI2N5O5/c32-21-13-20-24(23(33)22(21)19-12-17(41)11-16-3-1-2-4-18(16)19)36-30(45-15-31(5-6-31)14-39-7-9-44-10-8-39)38-29(20)40-34-27-25(42)26(43)28(35-40)37-27/h1-4,11-13,25-28,37,41-43H,5-10,14-15H2/q-2. The number of rotatable bonds is 7. The number of nitrogens with zero attached hydrogens (tertiary/aromatic N) is 4. The number of benzene rings is 3. The van der Waals surface area contributed by atoms with Crippen molar-refractivity contribution in [2.45, 2.75) is 33.1 Å². The van der Waals surface area contributed by atoms with Crippen molar-refractivity contribution >= 4 is 39.1 Å². The molecule has 1 aromatic heterocycles. The molecule has 14 heteroatoms.